The summed E-state index contributed by atoms with van der Waals surface area (Å²) in [5.74, 6) is 1.47. The van der Waals surface area contributed by atoms with E-state index < -0.39 is 0 Å². The third-order valence-electron chi connectivity index (χ3n) is 3.91. The van der Waals surface area contributed by atoms with Crippen molar-refractivity contribution in [3.05, 3.63) is 58.7 Å². The Hall–Kier alpha value is -1.30. The standard InChI is InChI=1S/C16H18/c1-11-3-5-13-10-16-8-12(2)4-6-14(16)9-15(13)7-11/h3-8,13,15H,9-10H2,1-2H3. The molecule has 0 nitrogen and oxygen atoms in total. The molecule has 0 aromatic heterocycles. The predicted octanol–water partition coefficient (Wildman–Crippen LogP) is 3.84. The van der Waals surface area contributed by atoms with Gasteiger partial charge in [-0.15, -0.1) is 0 Å². The van der Waals surface area contributed by atoms with Crippen LogP contribution in [0.3, 0.4) is 0 Å². The van der Waals surface area contributed by atoms with Gasteiger partial charge < -0.3 is 0 Å². The summed E-state index contributed by atoms with van der Waals surface area (Å²) in [6.07, 6.45) is 9.59. The van der Waals surface area contributed by atoms with Crippen molar-refractivity contribution in [3.63, 3.8) is 0 Å². The van der Waals surface area contributed by atoms with E-state index in [1.807, 2.05) is 0 Å². The predicted molar refractivity (Wildman–Crippen MR) is 68.5 cm³/mol. The minimum absolute atomic E-state index is 0.734. The molecule has 0 N–H and O–H groups in total. The van der Waals surface area contributed by atoms with Crippen LogP contribution in [0.25, 0.3) is 0 Å². The second kappa shape index (κ2) is 3.62. The summed E-state index contributed by atoms with van der Waals surface area (Å²) in [6.45, 7) is 4.39. The van der Waals surface area contributed by atoms with Gasteiger partial charge in [-0.25, -0.2) is 0 Å². The van der Waals surface area contributed by atoms with Crippen LogP contribution in [-0.2, 0) is 12.8 Å². The van der Waals surface area contributed by atoms with Gasteiger partial charge in [-0.2, -0.15) is 0 Å². The summed E-state index contributed by atoms with van der Waals surface area (Å²) in [6, 6.07) is 6.93. The zero-order valence-corrected chi connectivity index (χ0v) is 10.0. The molecular weight excluding hydrogens is 192 g/mol. The van der Waals surface area contributed by atoms with E-state index >= 15 is 0 Å². The molecule has 0 aliphatic heterocycles. The van der Waals surface area contributed by atoms with Crippen LogP contribution in [0.4, 0.5) is 0 Å². The fraction of sp³-hybridized carbons (Fsp3) is 0.375. The Bertz CT molecular complexity index is 477. The average Bonchev–Trinajstić information content (AvgIpc) is 2.26. The topological polar surface area (TPSA) is 0 Å². The molecule has 2 aliphatic rings. The Morgan fingerprint density at radius 3 is 2.69 bits per heavy atom. The zero-order valence-electron chi connectivity index (χ0n) is 10.0. The summed E-state index contributed by atoms with van der Waals surface area (Å²) in [4.78, 5) is 0. The molecule has 0 amide bonds. The molecular formula is C16H18. The highest BCUT2D eigenvalue weighted by atomic mass is 14.3. The van der Waals surface area contributed by atoms with Gasteiger partial charge in [0.05, 0.1) is 0 Å². The highest BCUT2D eigenvalue weighted by Crippen LogP contribution is 2.35. The van der Waals surface area contributed by atoms with Crippen molar-refractivity contribution in [1.82, 2.24) is 0 Å². The fourth-order valence-corrected chi connectivity index (χ4v) is 3.02. The first-order valence-electron chi connectivity index (χ1n) is 6.17. The lowest BCUT2D eigenvalue weighted by Crippen LogP contribution is -2.24. The third-order valence-corrected chi connectivity index (χ3v) is 3.91. The Labute approximate surface area is 97.7 Å². The molecule has 82 valence electrons. The van der Waals surface area contributed by atoms with E-state index in [1.54, 1.807) is 11.1 Å². The number of hydrogen-bond acceptors (Lipinski definition) is 0. The smallest absolute Gasteiger partial charge is 0.0121 e. The molecule has 3 rings (SSSR count). The highest BCUT2D eigenvalue weighted by molar-refractivity contribution is 5.38. The summed E-state index contributed by atoms with van der Waals surface area (Å²) in [7, 11) is 0. The van der Waals surface area contributed by atoms with E-state index in [2.05, 4.69) is 50.3 Å². The summed E-state index contributed by atoms with van der Waals surface area (Å²) < 4.78 is 0. The van der Waals surface area contributed by atoms with Gasteiger partial charge in [-0.3, -0.25) is 0 Å². The fourth-order valence-electron chi connectivity index (χ4n) is 3.02. The SMILES string of the molecule is CC1=CC2Cc3ccc(C)cc3CC2C=C1. The largest absolute Gasteiger partial charge is 0.0802 e. The zero-order chi connectivity index (χ0) is 11.1. The monoisotopic (exact) mass is 210 g/mol. The molecule has 16 heavy (non-hydrogen) atoms. The molecule has 1 aromatic rings. The van der Waals surface area contributed by atoms with Crippen LogP contribution in [0.15, 0.2) is 42.0 Å². The normalized spacial score (nSPS) is 27.0. The van der Waals surface area contributed by atoms with Gasteiger partial charge in [0, 0.05) is 0 Å². The van der Waals surface area contributed by atoms with Gasteiger partial charge in [0.1, 0.15) is 0 Å². The van der Waals surface area contributed by atoms with Crippen molar-refractivity contribution >= 4 is 0 Å². The third kappa shape index (κ3) is 1.63. The van der Waals surface area contributed by atoms with Crippen molar-refractivity contribution in [2.75, 3.05) is 0 Å². The Morgan fingerprint density at radius 1 is 1.00 bits per heavy atom. The quantitative estimate of drug-likeness (QED) is 0.610. The van der Waals surface area contributed by atoms with E-state index in [0.717, 1.165) is 11.8 Å². The van der Waals surface area contributed by atoms with Crippen molar-refractivity contribution in [2.24, 2.45) is 11.8 Å². The van der Waals surface area contributed by atoms with Crippen LogP contribution in [0.5, 0.6) is 0 Å². The van der Waals surface area contributed by atoms with Crippen LogP contribution in [0.2, 0.25) is 0 Å². The van der Waals surface area contributed by atoms with Crippen molar-refractivity contribution in [3.8, 4) is 0 Å². The number of benzene rings is 1. The number of aryl methyl sites for hydroxylation is 1. The number of hydrogen-bond donors (Lipinski definition) is 0. The summed E-state index contributed by atoms with van der Waals surface area (Å²) in [5.41, 5.74) is 5.95. The van der Waals surface area contributed by atoms with E-state index in [-0.39, 0.29) is 0 Å². The van der Waals surface area contributed by atoms with Crippen LogP contribution in [0, 0.1) is 18.8 Å². The average molecular weight is 210 g/mol. The molecule has 2 unspecified atom stereocenters. The van der Waals surface area contributed by atoms with Crippen LogP contribution in [0.1, 0.15) is 23.6 Å². The van der Waals surface area contributed by atoms with Gasteiger partial charge in [-0.1, -0.05) is 47.6 Å². The summed E-state index contributed by atoms with van der Waals surface area (Å²) in [5, 5.41) is 0. The maximum atomic E-state index is 2.45. The molecule has 0 saturated heterocycles. The van der Waals surface area contributed by atoms with E-state index in [0.29, 0.717) is 0 Å². The first-order chi connectivity index (χ1) is 7.72. The molecule has 2 aliphatic carbocycles. The molecule has 1 aromatic carbocycles. The second-order valence-electron chi connectivity index (χ2n) is 5.28. The molecule has 0 saturated carbocycles. The van der Waals surface area contributed by atoms with E-state index in [4.69, 9.17) is 0 Å². The number of rotatable bonds is 0. The number of fused-ring (bicyclic) bond motifs is 2. The van der Waals surface area contributed by atoms with E-state index in [9.17, 15) is 0 Å². The van der Waals surface area contributed by atoms with Crippen LogP contribution < -0.4 is 0 Å². The van der Waals surface area contributed by atoms with Crippen molar-refractivity contribution in [1.29, 1.82) is 0 Å². The summed E-state index contributed by atoms with van der Waals surface area (Å²) >= 11 is 0. The molecule has 0 heterocycles. The van der Waals surface area contributed by atoms with Gasteiger partial charge >= 0.3 is 0 Å². The minimum Gasteiger partial charge on any atom is -0.0802 e. The van der Waals surface area contributed by atoms with Crippen molar-refractivity contribution in [2.45, 2.75) is 26.7 Å². The first kappa shape index (κ1) is 9.89. The first-order valence-corrected chi connectivity index (χ1v) is 6.17. The second-order valence-corrected chi connectivity index (χ2v) is 5.28. The molecule has 0 heteroatoms. The molecule has 0 fully saturated rings. The maximum absolute atomic E-state index is 2.45. The van der Waals surface area contributed by atoms with Crippen molar-refractivity contribution < 1.29 is 0 Å². The highest BCUT2D eigenvalue weighted by Gasteiger charge is 2.26. The minimum atomic E-state index is 0.734. The van der Waals surface area contributed by atoms with Gasteiger partial charge in [-0.05, 0) is 49.7 Å². The van der Waals surface area contributed by atoms with Gasteiger partial charge in [0.25, 0.3) is 0 Å². The Morgan fingerprint density at radius 2 is 1.81 bits per heavy atom. The van der Waals surface area contributed by atoms with Gasteiger partial charge in [0.2, 0.25) is 0 Å². The Balaban J connectivity index is 1.98. The van der Waals surface area contributed by atoms with E-state index in [1.165, 1.54) is 24.0 Å². The lowest BCUT2D eigenvalue weighted by molar-refractivity contribution is 0.435. The number of allylic oxidation sites excluding steroid dienone is 4. The van der Waals surface area contributed by atoms with Crippen LogP contribution in [-0.4, -0.2) is 0 Å². The molecule has 2 atom stereocenters. The lowest BCUT2D eigenvalue weighted by Gasteiger charge is -2.32. The molecule has 0 spiro atoms. The lowest BCUT2D eigenvalue weighted by atomic mass is 9.73. The van der Waals surface area contributed by atoms with Gasteiger partial charge in [0.15, 0.2) is 0 Å². The maximum Gasteiger partial charge on any atom is -0.0121 e. The molecule has 0 bridgehead atoms. The van der Waals surface area contributed by atoms with Crippen LogP contribution >= 0.6 is 0 Å². The molecule has 0 radical (unpaired) electrons. The Kier molecular flexibility index (Phi) is 2.24.